The van der Waals surface area contributed by atoms with Crippen LogP contribution in [-0.4, -0.2) is 55.9 Å². The molecule has 1 saturated carbocycles. The number of methoxy groups -OCH3 is 1. The van der Waals surface area contributed by atoms with Crippen molar-refractivity contribution in [3.05, 3.63) is 34.4 Å². The number of carbonyl (C=O) groups is 4. The number of aromatic hydroxyl groups is 1. The van der Waals surface area contributed by atoms with Crippen LogP contribution in [0.15, 0.2) is 23.8 Å². The Balaban J connectivity index is 1.78. The number of nitrogens with one attached hydrogen (secondary N) is 1. The van der Waals surface area contributed by atoms with E-state index in [1.54, 1.807) is 6.08 Å². The molecule has 34 heavy (non-hydrogen) atoms. The number of fused-ring (bicyclic) bond motifs is 4. The molecule has 1 aromatic carbocycles. The van der Waals surface area contributed by atoms with Gasteiger partial charge < -0.3 is 9.84 Å². The maximum Gasteiger partial charge on any atom is 0.254 e. The highest BCUT2D eigenvalue weighted by Gasteiger charge is 2.76. The molecule has 5 rings (SSSR count). The highest BCUT2D eigenvalue weighted by atomic mass is 79.9. The van der Waals surface area contributed by atoms with E-state index < -0.39 is 51.1 Å². The predicted molar refractivity (Wildman–Crippen MR) is 126 cm³/mol. The predicted octanol–water partition coefficient (Wildman–Crippen LogP) is 3.05. The van der Waals surface area contributed by atoms with Gasteiger partial charge in [-0.15, -0.1) is 23.2 Å². The third kappa shape index (κ3) is 2.84. The molecular formula is C22H18BrCl3N2O6. The van der Waals surface area contributed by atoms with Crippen LogP contribution >= 0.6 is 50.7 Å². The van der Waals surface area contributed by atoms with Gasteiger partial charge in [0.15, 0.2) is 21.2 Å². The lowest BCUT2D eigenvalue weighted by Crippen LogP contribution is -2.60. The lowest BCUT2D eigenvalue weighted by Gasteiger charge is -2.50. The summed E-state index contributed by atoms with van der Waals surface area (Å²) in [5.74, 6) is -5.39. The molecule has 0 unspecified atom stereocenters. The maximum absolute atomic E-state index is 13.6. The van der Waals surface area contributed by atoms with Gasteiger partial charge in [0.05, 0.1) is 29.4 Å². The number of carbonyl (C=O) groups excluding carboxylic acids is 4. The zero-order chi connectivity index (χ0) is 24.7. The summed E-state index contributed by atoms with van der Waals surface area (Å²) in [6, 6.07) is 2.92. The minimum Gasteiger partial charge on any atom is -0.503 e. The van der Waals surface area contributed by atoms with E-state index in [4.69, 9.17) is 39.5 Å². The second-order valence-electron chi connectivity index (χ2n) is 8.89. The number of benzene rings is 1. The van der Waals surface area contributed by atoms with Gasteiger partial charge in [-0.2, -0.15) is 0 Å². The standard InChI is InChI=1S/C22H18BrCl3N2O6/c1-34-13-5-8(4-12(24)16(13)29)15-9-2-3-10-14(18(31)27-17(10)30)11(9)6-21(25)19(32)28(7-23)20(33)22(15,21)26/h2,4-5,10-11,14-15,29H,3,6-7H2,1H3,(H,27,30,31)/t10-,11+,14-,15-,21+,22-/m0/s1. The van der Waals surface area contributed by atoms with Gasteiger partial charge >= 0.3 is 0 Å². The van der Waals surface area contributed by atoms with Crippen LogP contribution in [0.25, 0.3) is 0 Å². The number of ether oxygens (including phenoxy) is 1. The summed E-state index contributed by atoms with van der Waals surface area (Å²) in [5.41, 5.74) is 0.893. The van der Waals surface area contributed by atoms with E-state index in [2.05, 4.69) is 21.2 Å². The molecule has 180 valence electrons. The van der Waals surface area contributed by atoms with Crippen molar-refractivity contribution in [3.63, 3.8) is 0 Å². The number of imide groups is 2. The van der Waals surface area contributed by atoms with E-state index >= 15 is 0 Å². The number of allylic oxidation sites excluding steroid dienone is 2. The molecule has 4 amide bonds. The molecular weight excluding hydrogens is 575 g/mol. The highest BCUT2D eigenvalue weighted by Crippen LogP contribution is 2.65. The summed E-state index contributed by atoms with van der Waals surface area (Å²) in [6.45, 7) is 0. The second kappa shape index (κ2) is 7.85. The molecule has 2 heterocycles. The maximum atomic E-state index is 13.6. The monoisotopic (exact) mass is 590 g/mol. The summed E-state index contributed by atoms with van der Waals surface area (Å²) >= 11 is 23.6. The number of likely N-dealkylation sites (tertiary alicyclic amines) is 1. The number of nitrogens with zero attached hydrogens (tertiary/aromatic N) is 1. The van der Waals surface area contributed by atoms with Gasteiger partial charge in [-0.3, -0.25) is 29.4 Å². The fourth-order valence-electron chi connectivity index (χ4n) is 5.95. The Morgan fingerprint density at radius 1 is 1.18 bits per heavy atom. The van der Waals surface area contributed by atoms with Crippen molar-refractivity contribution in [2.24, 2.45) is 17.8 Å². The van der Waals surface area contributed by atoms with Gasteiger partial charge in [0.25, 0.3) is 11.8 Å². The third-order valence-corrected chi connectivity index (χ3v) is 9.66. The zero-order valence-corrected chi connectivity index (χ0v) is 21.5. The van der Waals surface area contributed by atoms with Crippen molar-refractivity contribution < 1.29 is 29.0 Å². The van der Waals surface area contributed by atoms with E-state index in [-0.39, 0.29) is 40.7 Å². The van der Waals surface area contributed by atoms with Crippen LogP contribution in [0.4, 0.5) is 0 Å². The summed E-state index contributed by atoms with van der Waals surface area (Å²) in [4.78, 5) is 49.3. The first kappa shape index (κ1) is 23.9. The summed E-state index contributed by atoms with van der Waals surface area (Å²) < 4.78 is 5.24. The Bertz CT molecular complexity index is 1210. The minimum absolute atomic E-state index is 0.0438. The largest absolute Gasteiger partial charge is 0.503 e. The van der Waals surface area contributed by atoms with Crippen LogP contribution in [0.3, 0.4) is 0 Å². The van der Waals surface area contributed by atoms with Crippen LogP contribution in [0, 0.1) is 17.8 Å². The van der Waals surface area contributed by atoms with Crippen molar-refractivity contribution in [2.75, 3.05) is 12.6 Å². The zero-order valence-electron chi connectivity index (χ0n) is 17.6. The fourth-order valence-corrected chi connectivity index (χ4v) is 7.60. The van der Waals surface area contributed by atoms with Crippen LogP contribution in [-0.2, 0) is 19.2 Å². The van der Waals surface area contributed by atoms with Crippen LogP contribution < -0.4 is 10.1 Å². The van der Waals surface area contributed by atoms with Crippen LogP contribution in [0.1, 0.15) is 24.3 Å². The number of phenolic OH excluding ortho intramolecular Hbond substituents is 1. The second-order valence-corrected chi connectivity index (χ2v) is 11.0. The normalized spacial score (nSPS) is 36.6. The molecule has 0 spiro atoms. The van der Waals surface area contributed by atoms with Gasteiger partial charge in [-0.05, 0) is 36.5 Å². The van der Waals surface area contributed by atoms with Gasteiger partial charge in [-0.25, -0.2) is 0 Å². The Labute approximate surface area is 217 Å². The van der Waals surface area contributed by atoms with Crippen molar-refractivity contribution >= 4 is 74.4 Å². The summed E-state index contributed by atoms with van der Waals surface area (Å²) in [7, 11) is 1.34. The Kier molecular flexibility index (Phi) is 5.52. The molecule has 1 aromatic rings. The molecule has 2 aliphatic carbocycles. The summed E-state index contributed by atoms with van der Waals surface area (Å²) in [5, 5.41) is 12.6. The van der Waals surface area contributed by atoms with Crippen LogP contribution in [0.5, 0.6) is 11.5 Å². The minimum atomic E-state index is -1.95. The number of amides is 4. The molecule has 3 fully saturated rings. The quantitative estimate of drug-likeness (QED) is 0.242. The smallest absolute Gasteiger partial charge is 0.254 e. The third-order valence-electron chi connectivity index (χ3n) is 7.46. The average molecular weight is 593 g/mol. The van der Waals surface area contributed by atoms with Crippen molar-refractivity contribution in [1.29, 1.82) is 0 Å². The fraction of sp³-hybridized carbons (Fsp3) is 0.455. The molecule has 6 atom stereocenters. The Morgan fingerprint density at radius 3 is 2.53 bits per heavy atom. The molecule has 2 aliphatic heterocycles. The highest BCUT2D eigenvalue weighted by molar-refractivity contribution is 9.09. The van der Waals surface area contributed by atoms with Crippen LogP contribution in [0.2, 0.25) is 5.02 Å². The number of phenols is 1. The molecule has 0 aromatic heterocycles. The van der Waals surface area contributed by atoms with E-state index in [9.17, 15) is 24.3 Å². The van der Waals surface area contributed by atoms with Crippen molar-refractivity contribution in [3.8, 4) is 11.5 Å². The number of rotatable bonds is 3. The lowest BCUT2D eigenvalue weighted by atomic mass is 9.56. The van der Waals surface area contributed by atoms with E-state index in [0.29, 0.717) is 11.1 Å². The molecule has 2 N–H and O–H groups in total. The number of halogens is 4. The number of hydrogen-bond donors (Lipinski definition) is 2. The van der Waals surface area contributed by atoms with Gasteiger partial charge in [0.1, 0.15) is 0 Å². The van der Waals surface area contributed by atoms with Crippen molar-refractivity contribution in [1.82, 2.24) is 10.2 Å². The van der Waals surface area contributed by atoms with E-state index in [1.807, 2.05) is 0 Å². The Hall–Kier alpha value is -1.81. The molecule has 0 bridgehead atoms. The van der Waals surface area contributed by atoms with Gasteiger partial charge in [0.2, 0.25) is 11.8 Å². The molecule has 0 radical (unpaired) electrons. The van der Waals surface area contributed by atoms with E-state index in [0.717, 1.165) is 4.90 Å². The molecule has 2 saturated heterocycles. The summed E-state index contributed by atoms with van der Waals surface area (Å²) in [6.07, 6.45) is 1.97. The van der Waals surface area contributed by atoms with E-state index in [1.165, 1.54) is 19.2 Å². The molecule has 12 heteroatoms. The Morgan fingerprint density at radius 2 is 1.88 bits per heavy atom. The van der Waals surface area contributed by atoms with Gasteiger partial charge in [0, 0.05) is 5.92 Å². The SMILES string of the molecule is COc1cc([C@H]2C3=CC[C@@H]4C(=O)NC(=O)[C@@H]4[C@@H]3C[C@@]3(Cl)C(=O)N(CBr)C(=O)[C@@]23Cl)cc(Cl)c1O. The molecule has 4 aliphatic rings. The number of hydrogen-bond acceptors (Lipinski definition) is 6. The first-order valence-corrected chi connectivity index (χ1v) is 12.7. The topological polar surface area (TPSA) is 113 Å². The van der Waals surface area contributed by atoms with Gasteiger partial charge in [-0.1, -0.05) is 39.2 Å². The average Bonchev–Trinajstić information content (AvgIpc) is 3.17. The molecule has 8 nitrogen and oxygen atoms in total. The number of alkyl halides is 3. The first-order valence-electron chi connectivity index (χ1n) is 10.4. The van der Waals surface area contributed by atoms with Crippen molar-refractivity contribution in [2.45, 2.75) is 28.5 Å². The first-order chi connectivity index (χ1) is 16.0. The lowest BCUT2D eigenvalue weighted by molar-refractivity contribution is -0.138.